The van der Waals surface area contributed by atoms with E-state index in [-0.39, 0.29) is 6.09 Å². The largest absolute Gasteiger partial charge is 0.443 e. The lowest BCUT2D eigenvalue weighted by atomic mass is 10.0. The van der Waals surface area contributed by atoms with Crippen molar-refractivity contribution in [3.05, 3.63) is 35.9 Å². The monoisotopic (exact) mass is 288 g/mol. The molecule has 0 radical (unpaired) electrons. The Labute approximate surface area is 126 Å². The van der Waals surface area contributed by atoms with Crippen molar-refractivity contribution in [2.45, 2.75) is 39.2 Å². The zero-order chi connectivity index (χ0) is 15.5. The molecule has 4 nitrogen and oxygen atoms in total. The summed E-state index contributed by atoms with van der Waals surface area (Å²) in [5, 5.41) is 3.13. The number of ether oxygens (including phenoxy) is 1. The van der Waals surface area contributed by atoms with Crippen molar-refractivity contribution in [1.29, 1.82) is 0 Å². The molecular formula is C17H24N2O2. The maximum absolute atomic E-state index is 12.4. The Morgan fingerprint density at radius 1 is 1.33 bits per heavy atom. The average molecular weight is 288 g/mol. The number of carbonyl (C=O) groups is 1. The number of amides is 1. The van der Waals surface area contributed by atoms with Crippen molar-refractivity contribution in [1.82, 2.24) is 4.90 Å². The van der Waals surface area contributed by atoms with Gasteiger partial charge in [-0.1, -0.05) is 18.2 Å². The van der Waals surface area contributed by atoms with Crippen LogP contribution in [0.5, 0.6) is 0 Å². The molecule has 21 heavy (non-hydrogen) atoms. The maximum Gasteiger partial charge on any atom is 0.414 e. The Hall–Kier alpha value is -1.97. The summed E-state index contributed by atoms with van der Waals surface area (Å²) in [6, 6.07) is 8.07. The van der Waals surface area contributed by atoms with Crippen molar-refractivity contribution in [3.8, 4) is 0 Å². The minimum atomic E-state index is -0.480. The fraction of sp³-hybridized carbons (Fsp3) is 0.471. The molecule has 1 aliphatic rings. The highest BCUT2D eigenvalue weighted by Gasteiger charge is 2.26. The van der Waals surface area contributed by atoms with Gasteiger partial charge in [-0.15, -0.1) is 0 Å². The zero-order valence-electron chi connectivity index (χ0n) is 13.3. The predicted molar refractivity (Wildman–Crippen MR) is 86.1 cm³/mol. The molecule has 1 aromatic carbocycles. The number of benzene rings is 1. The fourth-order valence-corrected chi connectivity index (χ4v) is 2.33. The Morgan fingerprint density at radius 2 is 2.10 bits per heavy atom. The van der Waals surface area contributed by atoms with E-state index in [1.807, 2.05) is 46.0 Å². The van der Waals surface area contributed by atoms with Crippen molar-refractivity contribution in [3.63, 3.8) is 0 Å². The van der Waals surface area contributed by atoms with Crippen LogP contribution in [0, 0.1) is 0 Å². The van der Waals surface area contributed by atoms with E-state index in [0.29, 0.717) is 6.54 Å². The molecule has 1 aromatic rings. The molecule has 1 aliphatic heterocycles. The summed E-state index contributed by atoms with van der Waals surface area (Å²) in [4.78, 5) is 14.1. The zero-order valence-corrected chi connectivity index (χ0v) is 13.3. The van der Waals surface area contributed by atoms with E-state index in [0.717, 1.165) is 29.8 Å². The second-order valence-corrected chi connectivity index (χ2v) is 6.19. The lowest BCUT2D eigenvalue weighted by Gasteiger charge is -2.31. The predicted octanol–water partition coefficient (Wildman–Crippen LogP) is 4.10. The molecule has 1 amide bonds. The molecule has 1 heterocycles. The first-order chi connectivity index (χ1) is 9.90. The summed E-state index contributed by atoms with van der Waals surface area (Å²) < 4.78 is 5.52. The van der Waals surface area contributed by atoms with Gasteiger partial charge in [-0.05, 0) is 45.7 Å². The minimum Gasteiger partial charge on any atom is -0.443 e. The van der Waals surface area contributed by atoms with Crippen LogP contribution in [0.3, 0.4) is 0 Å². The molecule has 0 saturated heterocycles. The van der Waals surface area contributed by atoms with Crippen LogP contribution in [0.2, 0.25) is 0 Å². The fourth-order valence-electron chi connectivity index (χ4n) is 2.33. The second-order valence-electron chi connectivity index (χ2n) is 6.19. The number of anilines is 1. The van der Waals surface area contributed by atoms with Crippen LogP contribution in [0.25, 0.3) is 5.70 Å². The van der Waals surface area contributed by atoms with Gasteiger partial charge in [0.1, 0.15) is 5.60 Å². The molecule has 0 unspecified atom stereocenters. The second kappa shape index (κ2) is 6.20. The van der Waals surface area contributed by atoms with Crippen LogP contribution >= 0.6 is 0 Å². The van der Waals surface area contributed by atoms with Gasteiger partial charge in [-0.2, -0.15) is 0 Å². The smallest absolute Gasteiger partial charge is 0.414 e. The van der Waals surface area contributed by atoms with Gasteiger partial charge >= 0.3 is 6.09 Å². The number of rotatable bonds is 2. The van der Waals surface area contributed by atoms with Crippen LogP contribution in [0.15, 0.2) is 30.3 Å². The third-order valence-electron chi connectivity index (χ3n) is 3.28. The lowest BCUT2D eigenvalue weighted by molar-refractivity contribution is 0.0347. The SMILES string of the molecule is CNc1cccc(C2=CCCCN2C(=O)OC(C)(C)C)c1. The van der Waals surface area contributed by atoms with E-state index in [2.05, 4.69) is 17.5 Å². The molecule has 0 saturated carbocycles. The molecule has 4 heteroatoms. The highest BCUT2D eigenvalue weighted by molar-refractivity contribution is 5.83. The van der Waals surface area contributed by atoms with Crippen molar-refractivity contribution in [2.24, 2.45) is 0 Å². The summed E-state index contributed by atoms with van der Waals surface area (Å²) in [5.74, 6) is 0. The molecule has 0 atom stereocenters. The summed E-state index contributed by atoms with van der Waals surface area (Å²) in [7, 11) is 1.89. The third kappa shape index (κ3) is 4.00. The van der Waals surface area contributed by atoms with Gasteiger partial charge in [-0.3, -0.25) is 4.90 Å². The highest BCUT2D eigenvalue weighted by Crippen LogP contribution is 2.28. The van der Waals surface area contributed by atoms with E-state index in [1.165, 1.54) is 0 Å². The first-order valence-electron chi connectivity index (χ1n) is 7.39. The third-order valence-corrected chi connectivity index (χ3v) is 3.28. The van der Waals surface area contributed by atoms with Gasteiger partial charge in [0.2, 0.25) is 0 Å². The van der Waals surface area contributed by atoms with Crippen molar-refractivity contribution < 1.29 is 9.53 Å². The van der Waals surface area contributed by atoms with Crippen LogP contribution < -0.4 is 5.32 Å². The van der Waals surface area contributed by atoms with Crippen LogP contribution in [0.1, 0.15) is 39.2 Å². The molecule has 2 rings (SSSR count). The standard InChI is InChI=1S/C17H24N2O2/c1-17(2,3)21-16(20)19-11-6-5-10-15(19)13-8-7-9-14(12-13)18-4/h7-10,12,18H,5-6,11H2,1-4H3. The van der Waals surface area contributed by atoms with Crippen molar-refractivity contribution in [2.75, 3.05) is 18.9 Å². The molecule has 0 aromatic heterocycles. The van der Waals surface area contributed by atoms with Crippen LogP contribution in [-0.4, -0.2) is 30.2 Å². The number of hydrogen-bond donors (Lipinski definition) is 1. The number of nitrogens with zero attached hydrogens (tertiary/aromatic N) is 1. The van der Waals surface area contributed by atoms with E-state index < -0.39 is 5.60 Å². The van der Waals surface area contributed by atoms with Crippen molar-refractivity contribution >= 4 is 17.5 Å². The molecule has 0 fully saturated rings. The van der Waals surface area contributed by atoms with Gasteiger partial charge in [0.05, 0.1) is 5.70 Å². The highest BCUT2D eigenvalue weighted by atomic mass is 16.6. The average Bonchev–Trinajstić information content (AvgIpc) is 2.45. The molecule has 0 bridgehead atoms. The number of hydrogen-bond acceptors (Lipinski definition) is 3. The molecule has 114 valence electrons. The molecular weight excluding hydrogens is 264 g/mol. The van der Waals surface area contributed by atoms with Gasteiger partial charge in [0, 0.05) is 24.8 Å². The Morgan fingerprint density at radius 3 is 2.76 bits per heavy atom. The Kier molecular flexibility index (Phi) is 4.56. The van der Waals surface area contributed by atoms with Gasteiger partial charge < -0.3 is 10.1 Å². The topological polar surface area (TPSA) is 41.6 Å². The van der Waals surface area contributed by atoms with Gasteiger partial charge in [-0.25, -0.2) is 4.79 Å². The number of carbonyl (C=O) groups excluding carboxylic acids is 1. The molecule has 1 N–H and O–H groups in total. The summed E-state index contributed by atoms with van der Waals surface area (Å²) in [6.07, 6.45) is 3.79. The summed E-state index contributed by atoms with van der Waals surface area (Å²) >= 11 is 0. The quantitative estimate of drug-likeness (QED) is 0.890. The maximum atomic E-state index is 12.4. The van der Waals surface area contributed by atoms with E-state index in [9.17, 15) is 4.79 Å². The molecule has 0 spiro atoms. The van der Waals surface area contributed by atoms with E-state index in [1.54, 1.807) is 4.90 Å². The minimum absolute atomic E-state index is 0.275. The summed E-state index contributed by atoms with van der Waals surface area (Å²) in [6.45, 7) is 6.37. The van der Waals surface area contributed by atoms with E-state index >= 15 is 0 Å². The number of nitrogens with one attached hydrogen (secondary N) is 1. The van der Waals surface area contributed by atoms with Crippen LogP contribution in [0.4, 0.5) is 10.5 Å². The summed E-state index contributed by atoms with van der Waals surface area (Å²) in [5.41, 5.74) is 2.52. The number of allylic oxidation sites excluding steroid dienone is 1. The Balaban J connectivity index is 2.26. The molecule has 0 aliphatic carbocycles. The van der Waals surface area contributed by atoms with Gasteiger partial charge in [0.25, 0.3) is 0 Å². The van der Waals surface area contributed by atoms with Crippen LogP contribution in [-0.2, 0) is 4.74 Å². The first kappa shape index (κ1) is 15.4. The van der Waals surface area contributed by atoms with Gasteiger partial charge in [0.15, 0.2) is 0 Å². The normalized spacial score (nSPS) is 15.4. The van der Waals surface area contributed by atoms with E-state index in [4.69, 9.17) is 4.74 Å². The first-order valence-corrected chi connectivity index (χ1v) is 7.39. The lowest BCUT2D eigenvalue weighted by Crippen LogP contribution is -2.37. The Bertz CT molecular complexity index is 544.